The first-order valence-corrected chi connectivity index (χ1v) is 5.69. The Labute approximate surface area is 118 Å². The summed E-state index contributed by atoms with van der Waals surface area (Å²) in [7, 11) is 0. The smallest absolute Gasteiger partial charge is 0.121 e. The number of aromatic hydroxyl groups is 1. The highest BCUT2D eigenvalue weighted by molar-refractivity contribution is 8.93. The summed E-state index contributed by atoms with van der Waals surface area (Å²) in [4.78, 5) is 0. The van der Waals surface area contributed by atoms with Gasteiger partial charge in [-0.3, -0.25) is 0 Å². The number of hydrogen-bond acceptors (Lipinski definition) is 4. The van der Waals surface area contributed by atoms with Crippen LogP contribution in [0.1, 0.15) is 38.0 Å². The van der Waals surface area contributed by atoms with Crippen molar-refractivity contribution in [2.45, 2.75) is 39.0 Å². The number of aliphatic hydroxyl groups excluding tert-OH is 2. The second-order valence-electron chi connectivity index (χ2n) is 5.19. The van der Waals surface area contributed by atoms with E-state index in [4.69, 9.17) is 5.11 Å². The average molecular weight is 320 g/mol. The molecule has 5 heteroatoms. The van der Waals surface area contributed by atoms with E-state index in [9.17, 15) is 10.2 Å². The molecule has 0 saturated heterocycles. The molecule has 4 N–H and O–H groups in total. The molecule has 0 aromatic heterocycles. The molecule has 1 rings (SSSR count). The number of halogens is 1. The summed E-state index contributed by atoms with van der Waals surface area (Å²) < 4.78 is 0. The number of phenols is 1. The largest absolute Gasteiger partial charge is 0.508 e. The Bertz CT molecular complexity index is 377. The van der Waals surface area contributed by atoms with Gasteiger partial charge in [-0.05, 0) is 38.5 Å². The molecule has 0 bridgehead atoms. The van der Waals surface area contributed by atoms with Crippen LogP contribution in [0.25, 0.3) is 0 Å². The monoisotopic (exact) mass is 319 g/mol. The van der Waals surface area contributed by atoms with Gasteiger partial charge in [0.2, 0.25) is 0 Å². The molecular weight excluding hydrogens is 298 g/mol. The zero-order valence-electron chi connectivity index (χ0n) is 11.0. The molecule has 0 aliphatic carbocycles. The number of nitrogens with one attached hydrogen (secondary N) is 1. The number of rotatable bonds is 4. The highest BCUT2D eigenvalue weighted by Crippen LogP contribution is 2.22. The van der Waals surface area contributed by atoms with Gasteiger partial charge in [-0.25, -0.2) is 0 Å². The maximum absolute atomic E-state index is 9.97. The molecule has 0 aliphatic heterocycles. The van der Waals surface area contributed by atoms with Crippen molar-refractivity contribution in [1.82, 2.24) is 5.32 Å². The Kier molecular flexibility index (Phi) is 6.84. The third-order valence-corrected chi connectivity index (χ3v) is 2.48. The topological polar surface area (TPSA) is 72.7 Å². The summed E-state index contributed by atoms with van der Waals surface area (Å²) in [5, 5.41) is 31.6. The molecule has 0 fully saturated rings. The van der Waals surface area contributed by atoms with Gasteiger partial charge in [0.25, 0.3) is 0 Å². The van der Waals surface area contributed by atoms with Crippen molar-refractivity contribution in [3.8, 4) is 5.75 Å². The second-order valence-corrected chi connectivity index (χ2v) is 5.19. The van der Waals surface area contributed by atoms with E-state index in [1.807, 2.05) is 20.8 Å². The van der Waals surface area contributed by atoms with E-state index in [1.165, 1.54) is 6.07 Å². The Morgan fingerprint density at radius 2 is 1.89 bits per heavy atom. The molecule has 0 heterocycles. The fourth-order valence-electron chi connectivity index (χ4n) is 1.46. The standard InChI is InChI=1S/C13H21NO3.BrH/c1-13(2,3)14-7-12(17)9-4-5-11(16)10(6-9)8-15;/h4-6,12,14-17H,7-8H2,1-3H3;1H. The Balaban J connectivity index is 0.00000289. The molecule has 0 radical (unpaired) electrons. The van der Waals surface area contributed by atoms with Crippen molar-refractivity contribution in [3.63, 3.8) is 0 Å². The van der Waals surface area contributed by atoms with Gasteiger partial charge in [0.1, 0.15) is 5.75 Å². The maximum atomic E-state index is 9.97. The Hall–Kier alpha value is -0.620. The minimum absolute atomic E-state index is 0. The van der Waals surface area contributed by atoms with Crippen molar-refractivity contribution < 1.29 is 15.3 Å². The molecular formula is C13H22BrNO3. The van der Waals surface area contributed by atoms with Gasteiger partial charge in [0.15, 0.2) is 0 Å². The molecule has 4 nitrogen and oxygen atoms in total. The number of benzene rings is 1. The molecule has 1 unspecified atom stereocenters. The van der Waals surface area contributed by atoms with Gasteiger partial charge in [-0.15, -0.1) is 17.0 Å². The van der Waals surface area contributed by atoms with Crippen LogP contribution in [-0.2, 0) is 6.61 Å². The van der Waals surface area contributed by atoms with E-state index in [2.05, 4.69) is 5.32 Å². The summed E-state index contributed by atoms with van der Waals surface area (Å²) in [5.74, 6) is 0.0484. The van der Waals surface area contributed by atoms with Crippen LogP contribution < -0.4 is 5.32 Å². The lowest BCUT2D eigenvalue weighted by Crippen LogP contribution is -2.38. The summed E-state index contributed by atoms with van der Waals surface area (Å²) in [6.45, 7) is 6.26. The van der Waals surface area contributed by atoms with Crippen LogP contribution in [0.5, 0.6) is 5.75 Å². The second kappa shape index (κ2) is 7.09. The Morgan fingerprint density at radius 3 is 2.39 bits per heavy atom. The van der Waals surface area contributed by atoms with Crippen molar-refractivity contribution >= 4 is 17.0 Å². The molecule has 0 spiro atoms. The molecule has 104 valence electrons. The summed E-state index contributed by atoms with van der Waals surface area (Å²) >= 11 is 0. The van der Waals surface area contributed by atoms with Crippen LogP contribution in [0.4, 0.5) is 0 Å². The highest BCUT2D eigenvalue weighted by Gasteiger charge is 2.14. The van der Waals surface area contributed by atoms with Crippen LogP contribution >= 0.6 is 17.0 Å². The minimum Gasteiger partial charge on any atom is -0.508 e. The molecule has 1 aromatic rings. The van der Waals surface area contributed by atoms with Crippen molar-refractivity contribution in [3.05, 3.63) is 29.3 Å². The average Bonchev–Trinajstić information content (AvgIpc) is 2.25. The van der Waals surface area contributed by atoms with E-state index >= 15 is 0 Å². The summed E-state index contributed by atoms with van der Waals surface area (Å²) in [6, 6.07) is 4.76. The SMILES string of the molecule is Br.CC(C)(C)NCC(O)c1ccc(O)c(CO)c1. The lowest BCUT2D eigenvalue weighted by Gasteiger charge is -2.23. The first kappa shape index (κ1) is 17.4. The molecule has 0 amide bonds. The molecule has 0 aliphatic rings. The van der Waals surface area contributed by atoms with Gasteiger partial charge in [-0.1, -0.05) is 6.07 Å². The predicted molar refractivity (Wildman–Crippen MR) is 77.1 cm³/mol. The van der Waals surface area contributed by atoms with Gasteiger partial charge in [-0.2, -0.15) is 0 Å². The zero-order chi connectivity index (χ0) is 13.1. The fraction of sp³-hybridized carbons (Fsp3) is 0.538. The van der Waals surface area contributed by atoms with E-state index in [0.717, 1.165) is 0 Å². The van der Waals surface area contributed by atoms with E-state index in [1.54, 1.807) is 12.1 Å². The first-order valence-electron chi connectivity index (χ1n) is 5.69. The van der Waals surface area contributed by atoms with E-state index in [-0.39, 0.29) is 34.9 Å². The summed E-state index contributed by atoms with van der Waals surface area (Å²) in [6.07, 6.45) is -0.653. The lowest BCUT2D eigenvalue weighted by atomic mass is 10.0. The van der Waals surface area contributed by atoms with Crippen LogP contribution in [0.15, 0.2) is 18.2 Å². The van der Waals surface area contributed by atoms with Gasteiger partial charge in [0, 0.05) is 17.6 Å². The molecule has 1 atom stereocenters. The first-order chi connectivity index (χ1) is 7.83. The van der Waals surface area contributed by atoms with Crippen molar-refractivity contribution in [1.29, 1.82) is 0 Å². The van der Waals surface area contributed by atoms with Gasteiger partial charge < -0.3 is 20.6 Å². The van der Waals surface area contributed by atoms with Crippen molar-refractivity contribution in [2.24, 2.45) is 0 Å². The third-order valence-electron chi connectivity index (χ3n) is 2.48. The number of aliphatic hydroxyl groups is 2. The van der Waals surface area contributed by atoms with E-state index < -0.39 is 6.10 Å². The van der Waals surface area contributed by atoms with Crippen LogP contribution in [-0.4, -0.2) is 27.4 Å². The predicted octanol–water partition coefficient (Wildman–Crippen LogP) is 1.88. The number of hydrogen-bond donors (Lipinski definition) is 4. The molecule has 0 saturated carbocycles. The number of β-amino-alcohol motifs (C(OH)–C–C–N with tert-alkyl or cyclic N) is 1. The third kappa shape index (κ3) is 5.35. The Morgan fingerprint density at radius 1 is 1.28 bits per heavy atom. The fourth-order valence-corrected chi connectivity index (χ4v) is 1.46. The van der Waals surface area contributed by atoms with E-state index in [0.29, 0.717) is 17.7 Å². The molecule has 18 heavy (non-hydrogen) atoms. The maximum Gasteiger partial charge on any atom is 0.121 e. The lowest BCUT2D eigenvalue weighted by molar-refractivity contribution is 0.163. The van der Waals surface area contributed by atoms with Crippen LogP contribution in [0.2, 0.25) is 0 Å². The van der Waals surface area contributed by atoms with Crippen LogP contribution in [0.3, 0.4) is 0 Å². The van der Waals surface area contributed by atoms with Crippen LogP contribution in [0, 0.1) is 0 Å². The normalized spacial score (nSPS) is 12.9. The van der Waals surface area contributed by atoms with Gasteiger partial charge in [0.05, 0.1) is 12.7 Å². The minimum atomic E-state index is -0.653. The van der Waals surface area contributed by atoms with Crippen molar-refractivity contribution in [2.75, 3.05) is 6.54 Å². The highest BCUT2D eigenvalue weighted by atomic mass is 79.9. The zero-order valence-corrected chi connectivity index (χ0v) is 12.7. The quantitative estimate of drug-likeness (QED) is 0.684. The molecule has 1 aromatic carbocycles. The van der Waals surface area contributed by atoms with Gasteiger partial charge >= 0.3 is 0 Å². The summed E-state index contributed by atoms with van der Waals surface area (Å²) in [5.41, 5.74) is 1.05.